The zero-order valence-corrected chi connectivity index (χ0v) is 20.2. The molecule has 1 aliphatic rings. The number of furan rings is 1. The zero-order chi connectivity index (χ0) is 24.0. The number of aliphatic hydroxyl groups excluding tert-OH is 1. The summed E-state index contributed by atoms with van der Waals surface area (Å²) in [5.74, 6) is 0.614. The van der Waals surface area contributed by atoms with Crippen LogP contribution in [0.25, 0.3) is 11.3 Å². The van der Waals surface area contributed by atoms with Gasteiger partial charge in [-0.15, -0.1) is 0 Å². The van der Waals surface area contributed by atoms with Gasteiger partial charge in [-0.05, 0) is 76.4 Å². The monoisotopic (exact) mass is 475 g/mol. The molecule has 2 amide bonds. The van der Waals surface area contributed by atoms with Crippen LogP contribution < -0.4 is 16.0 Å². The van der Waals surface area contributed by atoms with Crippen LogP contribution in [0.1, 0.15) is 45.8 Å². The molecule has 1 aliphatic carbocycles. The highest BCUT2D eigenvalue weighted by atomic mass is 35.5. The van der Waals surface area contributed by atoms with E-state index in [1.807, 2.05) is 12.1 Å². The van der Waals surface area contributed by atoms with E-state index in [1.165, 1.54) is 0 Å². The number of benzene rings is 1. The minimum absolute atomic E-state index is 0.00680. The van der Waals surface area contributed by atoms with E-state index in [2.05, 4.69) is 36.7 Å². The van der Waals surface area contributed by atoms with Crippen molar-refractivity contribution in [3.05, 3.63) is 47.2 Å². The largest absolute Gasteiger partial charge is 0.461 e. The van der Waals surface area contributed by atoms with E-state index < -0.39 is 0 Å². The number of hydrogen-bond donors (Lipinski definition) is 4. The van der Waals surface area contributed by atoms with Crippen LogP contribution in [0.5, 0.6) is 0 Å². The van der Waals surface area contributed by atoms with E-state index in [4.69, 9.17) is 16.0 Å². The number of aliphatic hydroxyl groups is 1. The van der Waals surface area contributed by atoms with E-state index in [0.717, 1.165) is 24.8 Å². The van der Waals surface area contributed by atoms with Gasteiger partial charge >= 0.3 is 0 Å². The Morgan fingerprint density at radius 3 is 2.48 bits per heavy atom. The van der Waals surface area contributed by atoms with Gasteiger partial charge in [0.1, 0.15) is 11.5 Å². The molecule has 1 fully saturated rings. The summed E-state index contributed by atoms with van der Waals surface area (Å²) >= 11 is 5.91. The Bertz CT molecular complexity index is 936. The molecule has 33 heavy (non-hydrogen) atoms. The fourth-order valence-electron chi connectivity index (χ4n) is 4.30. The molecule has 0 bridgehead atoms. The van der Waals surface area contributed by atoms with Crippen LogP contribution in [-0.4, -0.2) is 47.7 Å². The number of rotatable bonds is 8. The molecule has 4 N–H and O–H groups in total. The summed E-state index contributed by atoms with van der Waals surface area (Å²) < 4.78 is 5.74. The van der Waals surface area contributed by atoms with Crippen LogP contribution in [0, 0.1) is 5.92 Å². The predicted molar refractivity (Wildman–Crippen MR) is 129 cm³/mol. The van der Waals surface area contributed by atoms with E-state index in [1.54, 1.807) is 24.3 Å². The predicted octanol–water partition coefficient (Wildman–Crippen LogP) is 3.29. The fourth-order valence-corrected chi connectivity index (χ4v) is 4.42. The van der Waals surface area contributed by atoms with Crippen molar-refractivity contribution in [1.29, 1.82) is 0 Å². The van der Waals surface area contributed by atoms with Gasteiger partial charge in [-0.25, -0.2) is 0 Å². The van der Waals surface area contributed by atoms with Gasteiger partial charge in [0.2, 0.25) is 11.8 Å². The van der Waals surface area contributed by atoms with Gasteiger partial charge in [0.05, 0.1) is 13.0 Å². The topological polar surface area (TPSA) is 104 Å². The van der Waals surface area contributed by atoms with Gasteiger partial charge in [0, 0.05) is 40.7 Å². The van der Waals surface area contributed by atoms with E-state index >= 15 is 0 Å². The lowest BCUT2D eigenvalue weighted by Crippen LogP contribution is -2.53. The van der Waals surface area contributed by atoms with Crippen molar-refractivity contribution in [2.45, 2.75) is 64.1 Å². The van der Waals surface area contributed by atoms with Crippen molar-refractivity contribution in [1.82, 2.24) is 16.0 Å². The molecular formula is C25H34ClN3O4. The smallest absolute Gasteiger partial charge is 0.239 e. The summed E-state index contributed by atoms with van der Waals surface area (Å²) in [4.78, 5) is 24.7. The van der Waals surface area contributed by atoms with Crippen molar-refractivity contribution in [2.75, 3.05) is 13.2 Å². The summed E-state index contributed by atoms with van der Waals surface area (Å²) in [6.45, 7) is 6.28. The van der Waals surface area contributed by atoms with Gasteiger partial charge in [-0.3, -0.25) is 9.59 Å². The Labute approximate surface area is 200 Å². The summed E-state index contributed by atoms with van der Waals surface area (Å²) in [5, 5.41) is 19.6. The number of carbonyl (C=O) groups is 2. The first kappa shape index (κ1) is 25.3. The standard InChI is InChI=1S/C25H34ClN3O4/c1-25(2,3)29-19-8-10-21(17(12-19)15-30)28-24(32)14-27-23(31)13-20-9-11-22(33-20)16-4-6-18(26)7-5-16/h4-7,9,11,17,19,21,29-30H,8,10,12-15H2,1-3H3,(H,27,31)(H,28,32)/t17-,19+,21-/m0/s1. The molecule has 3 atom stereocenters. The lowest BCUT2D eigenvalue weighted by Gasteiger charge is -2.39. The molecule has 7 nitrogen and oxygen atoms in total. The van der Waals surface area contributed by atoms with Crippen molar-refractivity contribution in [3.63, 3.8) is 0 Å². The van der Waals surface area contributed by atoms with Gasteiger partial charge in [0.25, 0.3) is 0 Å². The Morgan fingerprint density at radius 2 is 1.82 bits per heavy atom. The van der Waals surface area contributed by atoms with E-state index in [-0.39, 0.29) is 48.9 Å². The Hall–Kier alpha value is -2.35. The highest BCUT2D eigenvalue weighted by molar-refractivity contribution is 6.30. The zero-order valence-electron chi connectivity index (χ0n) is 19.5. The molecule has 8 heteroatoms. The minimum atomic E-state index is -0.293. The van der Waals surface area contributed by atoms with Crippen LogP contribution in [-0.2, 0) is 16.0 Å². The van der Waals surface area contributed by atoms with Crippen LogP contribution in [0.3, 0.4) is 0 Å². The third-order valence-electron chi connectivity index (χ3n) is 5.77. The van der Waals surface area contributed by atoms with Crippen LogP contribution in [0.15, 0.2) is 40.8 Å². The molecule has 1 saturated carbocycles. The van der Waals surface area contributed by atoms with Crippen molar-refractivity contribution >= 4 is 23.4 Å². The highest BCUT2D eigenvalue weighted by Crippen LogP contribution is 2.26. The maximum atomic E-state index is 12.4. The van der Waals surface area contributed by atoms with Gasteiger partial charge in [0.15, 0.2) is 0 Å². The molecule has 0 saturated heterocycles. The Morgan fingerprint density at radius 1 is 1.09 bits per heavy atom. The van der Waals surface area contributed by atoms with Crippen LogP contribution in [0.4, 0.5) is 0 Å². The van der Waals surface area contributed by atoms with Crippen molar-refractivity contribution in [3.8, 4) is 11.3 Å². The lowest BCUT2D eigenvalue weighted by atomic mass is 9.81. The molecule has 3 rings (SSSR count). The molecule has 0 aliphatic heterocycles. The normalized spacial score (nSPS) is 20.9. The summed E-state index contributed by atoms with van der Waals surface area (Å²) in [7, 11) is 0. The third-order valence-corrected chi connectivity index (χ3v) is 6.02. The maximum Gasteiger partial charge on any atom is 0.239 e. The van der Waals surface area contributed by atoms with Crippen LogP contribution in [0.2, 0.25) is 5.02 Å². The van der Waals surface area contributed by atoms with Gasteiger partial charge in [-0.2, -0.15) is 0 Å². The molecule has 2 aromatic rings. The number of nitrogens with one attached hydrogen (secondary N) is 3. The quantitative estimate of drug-likeness (QED) is 0.469. The molecule has 1 heterocycles. The van der Waals surface area contributed by atoms with E-state index in [9.17, 15) is 14.7 Å². The van der Waals surface area contributed by atoms with Gasteiger partial charge < -0.3 is 25.5 Å². The summed E-state index contributed by atoms with van der Waals surface area (Å²) in [6.07, 6.45) is 2.57. The molecule has 180 valence electrons. The molecule has 0 spiro atoms. The second kappa shape index (κ2) is 11.2. The average molecular weight is 476 g/mol. The minimum Gasteiger partial charge on any atom is -0.461 e. The fraction of sp³-hybridized carbons (Fsp3) is 0.520. The summed E-state index contributed by atoms with van der Waals surface area (Å²) in [6, 6.07) is 11.0. The second-order valence-corrected chi connectivity index (χ2v) is 10.2. The molecule has 1 aromatic carbocycles. The molecule has 0 radical (unpaired) electrons. The lowest BCUT2D eigenvalue weighted by molar-refractivity contribution is -0.126. The first-order valence-electron chi connectivity index (χ1n) is 11.4. The number of amides is 2. The van der Waals surface area contributed by atoms with Crippen LogP contribution >= 0.6 is 11.6 Å². The van der Waals surface area contributed by atoms with Crippen molar-refractivity contribution < 1.29 is 19.1 Å². The van der Waals surface area contributed by atoms with Crippen molar-refractivity contribution in [2.24, 2.45) is 5.92 Å². The first-order chi connectivity index (χ1) is 15.6. The molecule has 1 aromatic heterocycles. The first-order valence-corrected chi connectivity index (χ1v) is 11.8. The second-order valence-electron chi connectivity index (χ2n) is 9.75. The molecular weight excluding hydrogens is 442 g/mol. The number of hydrogen-bond acceptors (Lipinski definition) is 5. The summed E-state index contributed by atoms with van der Waals surface area (Å²) in [5.41, 5.74) is 0.880. The highest BCUT2D eigenvalue weighted by Gasteiger charge is 2.32. The number of carbonyl (C=O) groups excluding carboxylic acids is 2. The third kappa shape index (κ3) is 7.88. The Kier molecular flexibility index (Phi) is 8.57. The Balaban J connectivity index is 1.43. The SMILES string of the molecule is CC(C)(C)N[C@@H]1CC[C@H](NC(=O)CNC(=O)Cc2ccc(-c3ccc(Cl)cc3)o2)[C@H](CO)C1. The number of halogens is 1. The molecule has 0 unspecified atom stereocenters. The van der Waals surface area contributed by atoms with Gasteiger partial charge in [-0.1, -0.05) is 11.6 Å². The maximum absolute atomic E-state index is 12.4. The average Bonchev–Trinajstić information content (AvgIpc) is 3.21. The van der Waals surface area contributed by atoms with E-state index in [0.29, 0.717) is 22.6 Å².